The van der Waals surface area contributed by atoms with Gasteiger partial charge in [0, 0.05) is 19.7 Å². The standard InChI is InChI=1S/C12H11FN2O/c1-15(2)12(16)10(8-14)7-9-5-3-4-6-11(9)13/h3-7H,1-2H3/b10-7+. The number of amides is 1. The lowest BCUT2D eigenvalue weighted by Crippen LogP contribution is -2.22. The Hall–Kier alpha value is -2.15. The molecule has 0 atom stereocenters. The largest absolute Gasteiger partial charge is 0.344 e. The lowest BCUT2D eigenvalue weighted by molar-refractivity contribution is -0.124. The van der Waals surface area contributed by atoms with Crippen LogP contribution in [0.2, 0.25) is 0 Å². The van der Waals surface area contributed by atoms with Gasteiger partial charge in [0.1, 0.15) is 17.5 Å². The highest BCUT2D eigenvalue weighted by Gasteiger charge is 2.11. The Bertz CT molecular complexity index is 472. The van der Waals surface area contributed by atoms with Gasteiger partial charge in [0.2, 0.25) is 0 Å². The molecule has 0 saturated heterocycles. The average molecular weight is 218 g/mol. The van der Waals surface area contributed by atoms with Crippen molar-refractivity contribution in [2.45, 2.75) is 0 Å². The maximum absolute atomic E-state index is 13.3. The maximum Gasteiger partial charge on any atom is 0.264 e. The van der Waals surface area contributed by atoms with Gasteiger partial charge in [-0.2, -0.15) is 5.26 Å². The topological polar surface area (TPSA) is 44.1 Å². The van der Waals surface area contributed by atoms with Gasteiger partial charge < -0.3 is 4.90 Å². The van der Waals surface area contributed by atoms with Crippen molar-refractivity contribution in [3.63, 3.8) is 0 Å². The summed E-state index contributed by atoms with van der Waals surface area (Å²) in [6.45, 7) is 0. The fourth-order valence-electron chi connectivity index (χ4n) is 1.13. The third-order valence-corrected chi connectivity index (χ3v) is 1.96. The number of carbonyl (C=O) groups excluding carboxylic acids is 1. The first-order valence-electron chi connectivity index (χ1n) is 4.64. The van der Waals surface area contributed by atoms with E-state index in [1.807, 2.05) is 0 Å². The van der Waals surface area contributed by atoms with Gasteiger partial charge in [0.25, 0.3) is 5.91 Å². The molecule has 0 heterocycles. The van der Waals surface area contributed by atoms with Crippen LogP contribution in [0.3, 0.4) is 0 Å². The Morgan fingerprint density at radius 1 is 1.44 bits per heavy atom. The summed E-state index contributed by atoms with van der Waals surface area (Å²) < 4.78 is 13.3. The molecule has 0 aliphatic rings. The van der Waals surface area contributed by atoms with Crippen molar-refractivity contribution in [1.82, 2.24) is 4.90 Å². The van der Waals surface area contributed by atoms with E-state index in [1.54, 1.807) is 18.2 Å². The van der Waals surface area contributed by atoms with E-state index >= 15 is 0 Å². The number of halogens is 1. The van der Waals surface area contributed by atoms with Gasteiger partial charge in [0.15, 0.2) is 0 Å². The van der Waals surface area contributed by atoms with Crippen LogP contribution in [0.1, 0.15) is 5.56 Å². The Morgan fingerprint density at radius 2 is 2.06 bits per heavy atom. The molecule has 1 rings (SSSR count). The molecule has 0 aliphatic heterocycles. The molecule has 0 unspecified atom stereocenters. The normalized spacial score (nSPS) is 10.8. The lowest BCUT2D eigenvalue weighted by Gasteiger charge is -2.08. The highest BCUT2D eigenvalue weighted by molar-refractivity contribution is 6.01. The number of likely N-dealkylation sites (N-methyl/N-ethyl adjacent to an activating group) is 1. The fraction of sp³-hybridized carbons (Fsp3) is 0.167. The summed E-state index contributed by atoms with van der Waals surface area (Å²) in [7, 11) is 3.07. The molecule has 4 heteroatoms. The van der Waals surface area contributed by atoms with E-state index in [2.05, 4.69) is 0 Å². The third kappa shape index (κ3) is 2.67. The third-order valence-electron chi connectivity index (χ3n) is 1.96. The van der Waals surface area contributed by atoms with E-state index < -0.39 is 11.7 Å². The molecule has 0 bridgehead atoms. The number of rotatable bonds is 2. The quantitative estimate of drug-likeness (QED) is 0.561. The zero-order chi connectivity index (χ0) is 12.1. The zero-order valence-electron chi connectivity index (χ0n) is 9.07. The SMILES string of the molecule is CN(C)C(=O)/C(C#N)=C/c1ccccc1F. The number of hydrogen-bond donors (Lipinski definition) is 0. The number of carbonyl (C=O) groups is 1. The summed E-state index contributed by atoms with van der Waals surface area (Å²) in [6, 6.07) is 7.74. The first-order valence-corrected chi connectivity index (χ1v) is 4.64. The van der Waals surface area contributed by atoms with Crippen LogP contribution in [0.5, 0.6) is 0 Å². The van der Waals surface area contributed by atoms with Gasteiger partial charge in [-0.3, -0.25) is 4.79 Å². The smallest absolute Gasteiger partial charge is 0.264 e. The molecule has 0 saturated carbocycles. The van der Waals surface area contributed by atoms with Crippen LogP contribution in [0.15, 0.2) is 29.8 Å². The molecule has 1 aromatic carbocycles. The molecule has 0 N–H and O–H groups in total. The second-order valence-corrected chi connectivity index (χ2v) is 3.39. The summed E-state index contributed by atoms with van der Waals surface area (Å²) in [6.07, 6.45) is 1.25. The molecule has 16 heavy (non-hydrogen) atoms. The van der Waals surface area contributed by atoms with Crippen molar-refractivity contribution in [2.75, 3.05) is 14.1 Å². The Labute approximate surface area is 93.4 Å². The zero-order valence-corrected chi connectivity index (χ0v) is 9.07. The molecular weight excluding hydrogens is 207 g/mol. The Balaban J connectivity index is 3.12. The maximum atomic E-state index is 13.3. The molecule has 3 nitrogen and oxygen atoms in total. The van der Waals surface area contributed by atoms with E-state index in [0.29, 0.717) is 0 Å². The van der Waals surface area contributed by atoms with Crippen LogP contribution < -0.4 is 0 Å². The Morgan fingerprint density at radius 3 is 2.56 bits per heavy atom. The summed E-state index contributed by atoms with van der Waals surface area (Å²) >= 11 is 0. The predicted octanol–water partition coefficient (Wildman–Crippen LogP) is 1.82. The molecule has 0 spiro atoms. The highest BCUT2D eigenvalue weighted by Crippen LogP contribution is 2.12. The first-order chi connectivity index (χ1) is 7.56. The van der Waals surface area contributed by atoms with Crippen molar-refractivity contribution in [3.8, 4) is 6.07 Å². The minimum absolute atomic E-state index is 0.0879. The minimum Gasteiger partial charge on any atom is -0.344 e. The van der Waals surface area contributed by atoms with Gasteiger partial charge in [0.05, 0.1) is 0 Å². The molecular formula is C12H11FN2O. The van der Waals surface area contributed by atoms with Crippen LogP contribution in [-0.2, 0) is 4.79 Å². The van der Waals surface area contributed by atoms with Crippen molar-refractivity contribution < 1.29 is 9.18 Å². The molecule has 0 radical (unpaired) electrons. The van der Waals surface area contributed by atoms with Crippen LogP contribution in [0.25, 0.3) is 6.08 Å². The van der Waals surface area contributed by atoms with Crippen molar-refractivity contribution >= 4 is 12.0 Å². The van der Waals surface area contributed by atoms with Gasteiger partial charge in [-0.1, -0.05) is 18.2 Å². The summed E-state index contributed by atoms with van der Waals surface area (Å²) in [5.74, 6) is -0.896. The number of nitriles is 1. The second kappa shape index (κ2) is 5.08. The van der Waals surface area contributed by atoms with Gasteiger partial charge in [-0.15, -0.1) is 0 Å². The first kappa shape index (κ1) is 11.9. The molecule has 82 valence electrons. The molecule has 0 aliphatic carbocycles. The van der Waals surface area contributed by atoms with Crippen LogP contribution in [-0.4, -0.2) is 24.9 Å². The van der Waals surface area contributed by atoms with E-state index in [0.717, 1.165) is 0 Å². The van der Waals surface area contributed by atoms with Crippen LogP contribution in [0.4, 0.5) is 4.39 Å². The van der Waals surface area contributed by atoms with E-state index in [9.17, 15) is 9.18 Å². The molecule has 0 aromatic heterocycles. The number of nitrogens with zero attached hydrogens (tertiary/aromatic N) is 2. The van der Waals surface area contributed by atoms with Crippen molar-refractivity contribution in [2.24, 2.45) is 0 Å². The van der Waals surface area contributed by atoms with Crippen molar-refractivity contribution in [1.29, 1.82) is 5.26 Å². The summed E-state index contributed by atoms with van der Waals surface area (Å²) in [5, 5.41) is 8.81. The van der Waals surface area contributed by atoms with Gasteiger partial charge in [-0.25, -0.2) is 4.39 Å². The highest BCUT2D eigenvalue weighted by atomic mass is 19.1. The fourth-order valence-corrected chi connectivity index (χ4v) is 1.13. The average Bonchev–Trinajstić information content (AvgIpc) is 2.27. The second-order valence-electron chi connectivity index (χ2n) is 3.39. The predicted molar refractivity (Wildman–Crippen MR) is 58.7 cm³/mol. The lowest BCUT2D eigenvalue weighted by atomic mass is 10.1. The molecule has 1 amide bonds. The van der Waals surface area contributed by atoms with Crippen molar-refractivity contribution in [3.05, 3.63) is 41.2 Å². The van der Waals surface area contributed by atoms with E-state index in [1.165, 1.54) is 37.2 Å². The van der Waals surface area contributed by atoms with Crippen LogP contribution >= 0.6 is 0 Å². The minimum atomic E-state index is -0.457. The molecule has 1 aromatic rings. The van der Waals surface area contributed by atoms with E-state index in [-0.39, 0.29) is 11.1 Å². The molecule has 0 fully saturated rings. The number of hydrogen-bond acceptors (Lipinski definition) is 2. The van der Waals surface area contributed by atoms with Crippen LogP contribution in [0, 0.1) is 17.1 Å². The summed E-state index contributed by atoms with van der Waals surface area (Å²) in [5.41, 5.74) is 0.143. The van der Waals surface area contributed by atoms with Gasteiger partial charge >= 0.3 is 0 Å². The summed E-state index contributed by atoms with van der Waals surface area (Å²) in [4.78, 5) is 12.8. The monoisotopic (exact) mass is 218 g/mol. The Kier molecular flexibility index (Phi) is 3.78. The van der Waals surface area contributed by atoms with Gasteiger partial charge in [-0.05, 0) is 12.1 Å². The van der Waals surface area contributed by atoms with E-state index in [4.69, 9.17) is 5.26 Å². The number of benzene rings is 1.